The molecule has 0 aliphatic carbocycles. The van der Waals surface area contributed by atoms with Crippen molar-refractivity contribution in [2.45, 2.75) is 18.0 Å². The topological polar surface area (TPSA) is 140 Å². The Kier molecular flexibility index (Phi) is 4.67. The zero-order valence-corrected chi connectivity index (χ0v) is 17.1. The van der Waals surface area contributed by atoms with Gasteiger partial charge in [0.15, 0.2) is 0 Å². The number of nitrogens with zero attached hydrogens (tertiary/aromatic N) is 6. The van der Waals surface area contributed by atoms with Gasteiger partial charge < -0.3 is 0 Å². The van der Waals surface area contributed by atoms with Crippen LogP contribution < -0.4 is 16.4 Å². The minimum atomic E-state index is -4.02. The predicted molar refractivity (Wildman–Crippen MR) is 108 cm³/mol. The molecular weight excluding hydrogens is 410 g/mol. The molecule has 30 heavy (non-hydrogen) atoms. The predicted octanol–water partition coefficient (Wildman–Crippen LogP) is -0.626. The van der Waals surface area contributed by atoms with E-state index >= 15 is 0 Å². The summed E-state index contributed by atoms with van der Waals surface area (Å²) in [6, 6.07) is 3.90. The number of rotatable bonds is 5. The second-order valence-corrected chi connectivity index (χ2v) is 8.59. The normalized spacial score (nSPS) is 12.0. The Morgan fingerprint density at radius 3 is 2.00 bits per heavy atom. The molecule has 4 aromatic rings. The summed E-state index contributed by atoms with van der Waals surface area (Å²) in [7, 11) is -0.536. The first kappa shape index (κ1) is 19.8. The van der Waals surface area contributed by atoms with E-state index in [9.17, 15) is 18.0 Å². The second-order valence-electron chi connectivity index (χ2n) is 7.03. The van der Waals surface area contributed by atoms with E-state index in [0.29, 0.717) is 11.1 Å². The average Bonchev–Trinajstić information content (AvgIpc) is 3.28. The number of hydrogen-bond donors (Lipinski definition) is 1. The molecule has 0 saturated heterocycles. The summed E-state index contributed by atoms with van der Waals surface area (Å²) in [4.78, 5) is 26.2. The highest BCUT2D eigenvalue weighted by molar-refractivity contribution is 7.89. The van der Waals surface area contributed by atoms with Gasteiger partial charge in [-0.1, -0.05) is 0 Å². The molecule has 0 bridgehead atoms. The molecule has 0 unspecified atom stereocenters. The van der Waals surface area contributed by atoms with Crippen LogP contribution in [0.1, 0.15) is 11.1 Å². The van der Waals surface area contributed by atoms with Crippen molar-refractivity contribution in [3.05, 3.63) is 75.0 Å². The third kappa shape index (κ3) is 3.57. The van der Waals surface area contributed by atoms with Gasteiger partial charge in [0.05, 0.1) is 41.3 Å². The fraction of sp³-hybridized carbons (Fsp3) is 0.222. The first-order valence-corrected chi connectivity index (χ1v) is 10.4. The number of fused-ring (bicyclic) bond motifs is 1. The van der Waals surface area contributed by atoms with E-state index < -0.39 is 21.3 Å². The van der Waals surface area contributed by atoms with Crippen LogP contribution in [0.3, 0.4) is 0 Å². The first-order chi connectivity index (χ1) is 14.1. The van der Waals surface area contributed by atoms with Gasteiger partial charge >= 0.3 is 5.69 Å². The van der Waals surface area contributed by atoms with Crippen LogP contribution in [0.15, 0.2) is 57.5 Å². The molecule has 0 atom stereocenters. The molecule has 0 saturated carbocycles. The minimum Gasteiger partial charge on any atom is -0.289 e. The van der Waals surface area contributed by atoms with Crippen molar-refractivity contribution < 1.29 is 8.42 Å². The van der Waals surface area contributed by atoms with Crippen LogP contribution in [0, 0.1) is 0 Å². The quantitative estimate of drug-likeness (QED) is 0.448. The van der Waals surface area contributed by atoms with E-state index in [0.717, 1.165) is 10.1 Å². The summed E-state index contributed by atoms with van der Waals surface area (Å²) in [5.74, 6) is 0. The Hall–Kier alpha value is -3.51. The van der Waals surface area contributed by atoms with Gasteiger partial charge in [0.25, 0.3) is 5.56 Å². The van der Waals surface area contributed by atoms with Crippen molar-refractivity contribution in [3.8, 4) is 0 Å². The largest absolute Gasteiger partial charge is 0.332 e. The lowest BCUT2D eigenvalue weighted by Gasteiger charge is -2.14. The summed E-state index contributed by atoms with van der Waals surface area (Å²) >= 11 is 0. The van der Waals surface area contributed by atoms with Gasteiger partial charge in [-0.05, 0) is 18.2 Å². The average molecular weight is 429 g/mol. The van der Waals surface area contributed by atoms with Crippen LogP contribution in [-0.4, -0.2) is 37.1 Å². The highest BCUT2D eigenvalue weighted by atomic mass is 32.2. The van der Waals surface area contributed by atoms with Crippen molar-refractivity contribution in [2.24, 2.45) is 19.2 Å². The molecule has 11 nitrogen and oxygen atoms in total. The van der Waals surface area contributed by atoms with E-state index in [2.05, 4.69) is 10.2 Å². The Morgan fingerprint density at radius 2 is 1.50 bits per heavy atom. The number of primary sulfonamides is 1. The molecule has 12 heteroatoms. The first-order valence-electron chi connectivity index (χ1n) is 8.89. The van der Waals surface area contributed by atoms with Crippen molar-refractivity contribution in [1.29, 1.82) is 0 Å². The van der Waals surface area contributed by atoms with Crippen LogP contribution in [0.2, 0.25) is 0 Å². The maximum absolute atomic E-state index is 13.2. The molecule has 0 aliphatic rings. The summed E-state index contributed by atoms with van der Waals surface area (Å²) in [5, 5.41) is 13.5. The van der Waals surface area contributed by atoms with E-state index in [1.807, 2.05) is 0 Å². The smallest absolute Gasteiger partial charge is 0.289 e. The van der Waals surface area contributed by atoms with Crippen molar-refractivity contribution in [3.63, 3.8) is 0 Å². The van der Waals surface area contributed by atoms with Gasteiger partial charge in [-0.25, -0.2) is 18.4 Å². The lowest BCUT2D eigenvalue weighted by molar-refractivity contribution is 0.597. The number of aromatic nitrogens is 6. The molecule has 4 rings (SSSR count). The van der Waals surface area contributed by atoms with Crippen molar-refractivity contribution in [2.75, 3.05) is 0 Å². The highest BCUT2D eigenvalue weighted by Gasteiger charge is 2.18. The third-order valence-electron chi connectivity index (χ3n) is 4.72. The number of hydrogen-bond acceptors (Lipinski definition) is 6. The zero-order chi connectivity index (χ0) is 21.6. The molecule has 3 aromatic heterocycles. The lowest BCUT2D eigenvalue weighted by Crippen LogP contribution is -2.40. The standard InChI is InChI=1S/C18H19N7O4S/c1-22-8-12(6-20-22)10-24-16-4-3-14(30(19,28)29)5-15(16)17(26)25(18(24)27)11-13-7-21-23(2)9-13/h3-9H,10-11H2,1-2H3,(H2,19,28,29). The number of aryl methyl sites for hydroxylation is 2. The lowest BCUT2D eigenvalue weighted by atomic mass is 10.2. The molecule has 156 valence electrons. The molecule has 2 N–H and O–H groups in total. The van der Waals surface area contributed by atoms with E-state index in [1.54, 1.807) is 48.2 Å². The summed E-state index contributed by atoms with van der Waals surface area (Å²) in [6.45, 7) is 0.152. The van der Waals surface area contributed by atoms with E-state index in [-0.39, 0.29) is 23.4 Å². The van der Waals surface area contributed by atoms with Crippen LogP contribution >= 0.6 is 0 Å². The van der Waals surface area contributed by atoms with Gasteiger partial charge in [0.2, 0.25) is 10.0 Å². The maximum atomic E-state index is 13.2. The molecule has 3 heterocycles. The van der Waals surface area contributed by atoms with Gasteiger partial charge in [-0.3, -0.25) is 23.3 Å². The molecule has 0 fully saturated rings. The molecule has 0 spiro atoms. The second kappa shape index (κ2) is 7.07. The maximum Gasteiger partial charge on any atom is 0.332 e. The van der Waals surface area contributed by atoms with Crippen LogP contribution in [0.25, 0.3) is 10.9 Å². The van der Waals surface area contributed by atoms with Crippen molar-refractivity contribution in [1.82, 2.24) is 28.7 Å². The zero-order valence-electron chi connectivity index (χ0n) is 16.3. The Bertz CT molecular complexity index is 1490. The SMILES string of the molecule is Cn1cc(Cn2c(=O)c3cc(S(N)(=O)=O)ccc3n(Cc3cnn(C)c3)c2=O)cn1. The Balaban J connectivity index is 1.99. The minimum absolute atomic E-state index is 0.00586. The van der Waals surface area contributed by atoms with Gasteiger partial charge in [0, 0.05) is 37.6 Å². The third-order valence-corrected chi connectivity index (χ3v) is 5.63. The molecular formula is C18H19N7O4S. The summed E-state index contributed by atoms with van der Waals surface area (Å²) in [5.41, 5.74) is 0.591. The Labute approximate surface area is 170 Å². The van der Waals surface area contributed by atoms with Crippen LogP contribution in [-0.2, 0) is 37.2 Å². The Morgan fingerprint density at radius 1 is 0.933 bits per heavy atom. The number of sulfonamides is 1. The van der Waals surface area contributed by atoms with Gasteiger partial charge in [-0.2, -0.15) is 10.2 Å². The summed E-state index contributed by atoms with van der Waals surface area (Å²) < 4.78 is 29.2. The fourth-order valence-electron chi connectivity index (χ4n) is 3.34. The summed E-state index contributed by atoms with van der Waals surface area (Å²) in [6.07, 6.45) is 6.63. The van der Waals surface area contributed by atoms with E-state index in [1.165, 1.54) is 22.8 Å². The highest BCUT2D eigenvalue weighted by Crippen LogP contribution is 2.16. The monoisotopic (exact) mass is 429 g/mol. The fourth-order valence-corrected chi connectivity index (χ4v) is 3.88. The van der Waals surface area contributed by atoms with Crippen LogP contribution in [0.5, 0.6) is 0 Å². The van der Waals surface area contributed by atoms with Gasteiger partial charge in [-0.15, -0.1) is 0 Å². The number of nitrogens with two attached hydrogens (primary N) is 1. The number of benzene rings is 1. The van der Waals surface area contributed by atoms with Crippen LogP contribution in [0.4, 0.5) is 0 Å². The van der Waals surface area contributed by atoms with Crippen molar-refractivity contribution >= 4 is 20.9 Å². The molecule has 0 radical (unpaired) electrons. The van der Waals surface area contributed by atoms with Gasteiger partial charge in [0.1, 0.15) is 0 Å². The molecule has 1 aromatic carbocycles. The molecule has 0 aliphatic heterocycles. The molecule has 0 amide bonds. The van der Waals surface area contributed by atoms with E-state index in [4.69, 9.17) is 5.14 Å².